The Morgan fingerprint density at radius 3 is 2.63 bits per heavy atom. The van der Waals surface area contributed by atoms with Crippen molar-refractivity contribution in [2.24, 2.45) is 0 Å². The van der Waals surface area contributed by atoms with E-state index in [1.807, 2.05) is 22.6 Å². The van der Waals surface area contributed by atoms with Crippen LogP contribution in [0, 0.1) is 10.6 Å². The molecule has 8 heteroatoms. The van der Waals surface area contributed by atoms with E-state index in [-0.39, 0.29) is 18.7 Å². The van der Waals surface area contributed by atoms with Gasteiger partial charge in [-0.25, -0.2) is 4.98 Å². The summed E-state index contributed by atoms with van der Waals surface area (Å²) < 4.78 is 45.9. The van der Waals surface area contributed by atoms with Crippen LogP contribution in [0.5, 0.6) is 5.75 Å². The van der Waals surface area contributed by atoms with Crippen LogP contribution in [0.2, 0.25) is 0 Å². The summed E-state index contributed by atoms with van der Waals surface area (Å²) in [5.41, 5.74) is 0.443. The van der Waals surface area contributed by atoms with Gasteiger partial charge in [0.05, 0.1) is 18.7 Å². The molecular formula is C11H11F3INO3. The SMILES string of the molecule is CCOC(=O)Cc1nc(I)c(C)cc1OC(F)(F)F. The lowest BCUT2D eigenvalue weighted by Gasteiger charge is -2.13. The summed E-state index contributed by atoms with van der Waals surface area (Å²) in [6, 6.07) is 1.21. The Kier molecular flexibility index (Phi) is 5.39. The van der Waals surface area contributed by atoms with E-state index in [9.17, 15) is 18.0 Å². The van der Waals surface area contributed by atoms with Gasteiger partial charge in [-0.1, -0.05) is 0 Å². The van der Waals surface area contributed by atoms with Gasteiger partial charge in [-0.15, -0.1) is 13.2 Å². The van der Waals surface area contributed by atoms with Crippen LogP contribution < -0.4 is 4.74 Å². The smallest absolute Gasteiger partial charge is 0.466 e. The van der Waals surface area contributed by atoms with Crippen LogP contribution in [0.1, 0.15) is 18.2 Å². The third-order valence-electron chi connectivity index (χ3n) is 2.03. The molecule has 0 radical (unpaired) electrons. The molecule has 0 unspecified atom stereocenters. The van der Waals surface area contributed by atoms with Crippen molar-refractivity contribution in [3.8, 4) is 5.75 Å². The Morgan fingerprint density at radius 1 is 1.47 bits per heavy atom. The molecule has 0 atom stereocenters. The predicted molar refractivity (Wildman–Crippen MR) is 68.7 cm³/mol. The van der Waals surface area contributed by atoms with E-state index in [1.165, 1.54) is 6.07 Å². The molecule has 1 rings (SSSR count). The molecule has 0 amide bonds. The van der Waals surface area contributed by atoms with Crippen LogP contribution in [0.15, 0.2) is 6.07 Å². The summed E-state index contributed by atoms with van der Waals surface area (Å²) in [4.78, 5) is 15.3. The molecule has 1 heterocycles. The van der Waals surface area contributed by atoms with Crippen LogP contribution in [0.4, 0.5) is 13.2 Å². The number of pyridine rings is 1. The van der Waals surface area contributed by atoms with Crippen molar-refractivity contribution in [2.45, 2.75) is 26.6 Å². The first-order valence-corrected chi connectivity index (χ1v) is 6.38. The molecule has 1 aromatic heterocycles. The minimum atomic E-state index is -4.83. The van der Waals surface area contributed by atoms with Crippen LogP contribution in [-0.4, -0.2) is 23.9 Å². The standard InChI is InChI=1S/C11H11F3INO3/c1-3-18-9(17)5-7-8(19-11(12,13)14)4-6(2)10(15)16-7/h4H,3,5H2,1-2H3. The first-order valence-electron chi connectivity index (χ1n) is 5.30. The zero-order valence-corrected chi connectivity index (χ0v) is 12.3. The van der Waals surface area contributed by atoms with Crippen molar-refractivity contribution in [3.63, 3.8) is 0 Å². The predicted octanol–water partition coefficient (Wildman–Crippen LogP) is 3.00. The van der Waals surface area contributed by atoms with E-state index in [0.717, 1.165) is 0 Å². The zero-order chi connectivity index (χ0) is 14.6. The minimum absolute atomic E-state index is 0.0919. The molecule has 0 bridgehead atoms. The number of hydrogen-bond donors (Lipinski definition) is 0. The van der Waals surface area contributed by atoms with Gasteiger partial charge in [-0.3, -0.25) is 4.79 Å². The van der Waals surface area contributed by atoms with Crippen LogP contribution in [0.25, 0.3) is 0 Å². The summed E-state index contributed by atoms with van der Waals surface area (Å²) in [5, 5.41) is 0. The van der Waals surface area contributed by atoms with Gasteiger partial charge in [-0.2, -0.15) is 0 Å². The quantitative estimate of drug-likeness (QED) is 0.452. The Hall–Kier alpha value is -1.06. The van der Waals surface area contributed by atoms with Crippen molar-refractivity contribution in [1.82, 2.24) is 4.98 Å². The molecule has 0 aromatic carbocycles. The molecule has 4 nitrogen and oxygen atoms in total. The molecule has 106 valence electrons. The average Bonchev–Trinajstić information content (AvgIpc) is 2.23. The fraction of sp³-hybridized carbons (Fsp3) is 0.455. The van der Waals surface area contributed by atoms with Crippen LogP contribution in [0.3, 0.4) is 0 Å². The van der Waals surface area contributed by atoms with Crippen molar-refractivity contribution in [3.05, 3.63) is 21.0 Å². The Bertz CT molecular complexity index is 477. The highest BCUT2D eigenvalue weighted by Crippen LogP contribution is 2.28. The number of aryl methyl sites for hydroxylation is 1. The van der Waals surface area contributed by atoms with E-state index in [0.29, 0.717) is 9.26 Å². The van der Waals surface area contributed by atoms with Gasteiger partial charge in [0.15, 0.2) is 5.75 Å². The van der Waals surface area contributed by atoms with Crippen molar-refractivity contribution < 1.29 is 27.4 Å². The second kappa shape index (κ2) is 6.40. The molecule has 1 aromatic rings. The van der Waals surface area contributed by atoms with E-state index in [1.54, 1.807) is 13.8 Å². The average molecular weight is 389 g/mol. The number of alkyl halides is 3. The summed E-state index contributed by atoms with van der Waals surface area (Å²) in [6.07, 6.45) is -5.19. The van der Waals surface area contributed by atoms with Crippen molar-refractivity contribution in [2.75, 3.05) is 6.61 Å². The van der Waals surface area contributed by atoms with Gasteiger partial charge in [0.25, 0.3) is 0 Å². The summed E-state index contributed by atoms with van der Waals surface area (Å²) >= 11 is 1.87. The van der Waals surface area contributed by atoms with Gasteiger partial charge in [-0.05, 0) is 48.1 Å². The number of rotatable bonds is 4. The monoisotopic (exact) mass is 389 g/mol. The maximum Gasteiger partial charge on any atom is 0.573 e. The first kappa shape index (κ1) is 16.0. The summed E-state index contributed by atoms with van der Waals surface area (Å²) in [6.45, 7) is 3.36. The van der Waals surface area contributed by atoms with Gasteiger partial charge >= 0.3 is 12.3 Å². The first-order chi connectivity index (χ1) is 8.73. The summed E-state index contributed by atoms with van der Waals surface area (Å²) in [7, 11) is 0. The fourth-order valence-electron chi connectivity index (χ4n) is 1.29. The van der Waals surface area contributed by atoms with E-state index in [2.05, 4.69) is 14.5 Å². The highest BCUT2D eigenvalue weighted by molar-refractivity contribution is 14.1. The minimum Gasteiger partial charge on any atom is -0.466 e. The molecule has 0 N–H and O–H groups in total. The third-order valence-corrected chi connectivity index (χ3v) is 3.13. The van der Waals surface area contributed by atoms with E-state index >= 15 is 0 Å². The lowest BCUT2D eigenvalue weighted by molar-refractivity contribution is -0.275. The highest BCUT2D eigenvalue weighted by Gasteiger charge is 2.33. The van der Waals surface area contributed by atoms with Crippen molar-refractivity contribution in [1.29, 1.82) is 0 Å². The maximum absolute atomic E-state index is 12.3. The van der Waals surface area contributed by atoms with Gasteiger partial charge in [0.2, 0.25) is 0 Å². The molecule has 0 aliphatic rings. The van der Waals surface area contributed by atoms with Crippen LogP contribution in [-0.2, 0) is 16.0 Å². The molecule has 0 aliphatic carbocycles. The van der Waals surface area contributed by atoms with E-state index < -0.39 is 18.1 Å². The number of nitrogens with zero attached hydrogens (tertiary/aromatic N) is 1. The van der Waals surface area contributed by atoms with Gasteiger partial charge in [0.1, 0.15) is 3.70 Å². The fourth-order valence-corrected chi connectivity index (χ4v) is 1.74. The second-order valence-electron chi connectivity index (χ2n) is 3.57. The largest absolute Gasteiger partial charge is 0.573 e. The molecule has 0 fully saturated rings. The lowest BCUT2D eigenvalue weighted by Crippen LogP contribution is -2.20. The molecule has 0 saturated carbocycles. The lowest BCUT2D eigenvalue weighted by atomic mass is 10.2. The number of halogens is 4. The second-order valence-corrected chi connectivity index (χ2v) is 4.59. The van der Waals surface area contributed by atoms with E-state index in [4.69, 9.17) is 0 Å². The molecule has 19 heavy (non-hydrogen) atoms. The molecule has 0 spiro atoms. The van der Waals surface area contributed by atoms with Crippen LogP contribution >= 0.6 is 22.6 Å². The van der Waals surface area contributed by atoms with Crippen molar-refractivity contribution >= 4 is 28.6 Å². The normalized spacial score (nSPS) is 11.3. The number of carbonyl (C=O) groups is 1. The summed E-state index contributed by atoms with van der Waals surface area (Å²) in [5.74, 6) is -1.12. The Morgan fingerprint density at radius 2 is 2.11 bits per heavy atom. The number of aromatic nitrogens is 1. The number of ether oxygens (including phenoxy) is 2. The molecule has 0 saturated heterocycles. The number of carbonyl (C=O) groups excluding carboxylic acids is 1. The highest BCUT2D eigenvalue weighted by atomic mass is 127. The van der Waals surface area contributed by atoms with Gasteiger partial charge < -0.3 is 9.47 Å². The Balaban J connectivity index is 3.06. The number of hydrogen-bond acceptors (Lipinski definition) is 4. The molecular weight excluding hydrogens is 378 g/mol. The topological polar surface area (TPSA) is 48.4 Å². The third kappa shape index (κ3) is 5.21. The van der Waals surface area contributed by atoms with Gasteiger partial charge in [0, 0.05) is 0 Å². The Labute approximate surface area is 121 Å². The number of esters is 1. The zero-order valence-electron chi connectivity index (χ0n) is 10.2. The molecule has 0 aliphatic heterocycles. The maximum atomic E-state index is 12.3.